The molecule has 0 unspecified atom stereocenters. The second-order valence-electron chi connectivity index (χ2n) is 3.55. The molecule has 1 aromatic heterocycles. The number of carbonyl (C=O) groups is 1. The number of hydrogen-bond donors (Lipinski definition) is 2. The standard InChI is InChI=1S/C12H12N2O4/c1-17-8-4-2-3-7(5-8)10(16)11-9(6-15)14-12(13)18-11/h2-5,15H,6H2,1H3,(H2,13,14). The molecule has 0 spiro atoms. The van der Waals surface area contributed by atoms with E-state index in [1.807, 2.05) is 0 Å². The number of nitrogens with two attached hydrogens (primary N) is 1. The van der Waals surface area contributed by atoms with Gasteiger partial charge in [0.2, 0.25) is 11.5 Å². The first-order chi connectivity index (χ1) is 8.65. The summed E-state index contributed by atoms with van der Waals surface area (Å²) in [5.41, 5.74) is 5.86. The van der Waals surface area contributed by atoms with E-state index in [1.54, 1.807) is 24.3 Å². The molecule has 0 aliphatic carbocycles. The Morgan fingerprint density at radius 3 is 3.00 bits per heavy atom. The summed E-state index contributed by atoms with van der Waals surface area (Å²) in [5.74, 6) is 0.101. The van der Waals surface area contributed by atoms with Crippen LogP contribution in [0.15, 0.2) is 28.7 Å². The lowest BCUT2D eigenvalue weighted by molar-refractivity contribution is 0.101. The van der Waals surface area contributed by atoms with Crippen LogP contribution < -0.4 is 10.5 Å². The van der Waals surface area contributed by atoms with E-state index >= 15 is 0 Å². The van der Waals surface area contributed by atoms with Crippen LogP contribution in [0.4, 0.5) is 6.01 Å². The van der Waals surface area contributed by atoms with Crippen LogP contribution in [-0.4, -0.2) is 23.0 Å². The Morgan fingerprint density at radius 2 is 2.33 bits per heavy atom. The van der Waals surface area contributed by atoms with Gasteiger partial charge >= 0.3 is 0 Å². The number of ketones is 1. The summed E-state index contributed by atoms with van der Waals surface area (Å²) < 4.78 is 10.0. The molecule has 2 rings (SSSR count). The Bertz CT molecular complexity index is 577. The lowest BCUT2D eigenvalue weighted by Crippen LogP contribution is -2.04. The first kappa shape index (κ1) is 12.1. The Morgan fingerprint density at radius 1 is 1.56 bits per heavy atom. The van der Waals surface area contributed by atoms with Gasteiger partial charge in [-0.2, -0.15) is 4.98 Å². The van der Waals surface area contributed by atoms with Crippen LogP contribution in [0.3, 0.4) is 0 Å². The number of methoxy groups -OCH3 is 1. The number of aromatic nitrogens is 1. The van der Waals surface area contributed by atoms with Crippen molar-refractivity contribution in [1.82, 2.24) is 4.98 Å². The van der Waals surface area contributed by atoms with Crippen LogP contribution in [0.25, 0.3) is 0 Å². The molecule has 0 fully saturated rings. The molecule has 0 atom stereocenters. The van der Waals surface area contributed by atoms with Crippen molar-refractivity contribution in [3.05, 3.63) is 41.3 Å². The van der Waals surface area contributed by atoms with E-state index in [4.69, 9.17) is 20.0 Å². The maximum absolute atomic E-state index is 12.2. The van der Waals surface area contributed by atoms with Crippen molar-refractivity contribution in [2.75, 3.05) is 12.8 Å². The van der Waals surface area contributed by atoms with Gasteiger partial charge in [-0.05, 0) is 12.1 Å². The van der Waals surface area contributed by atoms with Crippen molar-refractivity contribution in [1.29, 1.82) is 0 Å². The predicted molar refractivity (Wildman–Crippen MR) is 63.3 cm³/mol. The quantitative estimate of drug-likeness (QED) is 0.783. The van der Waals surface area contributed by atoms with Gasteiger partial charge in [0.15, 0.2) is 0 Å². The molecule has 1 aromatic carbocycles. The zero-order chi connectivity index (χ0) is 13.1. The number of hydrogen-bond acceptors (Lipinski definition) is 6. The van der Waals surface area contributed by atoms with E-state index in [0.717, 1.165) is 0 Å². The average molecular weight is 248 g/mol. The number of aliphatic hydroxyl groups excluding tert-OH is 1. The number of oxazole rings is 1. The summed E-state index contributed by atoms with van der Waals surface area (Å²) in [7, 11) is 1.51. The fourth-order valence-corrected chi connectivity index (χ4v) is 1.55. The first-order valence-electron chi connectivity index (χ1n) is 5.20. The lowest BCUT2D eigenvalue weighted by Gasteiger charge is -2.02. The molecule has 0 saturated carbocycles. The van der Waals surface area contributed by atoms with Crippen LogP contribution in [-0.2, 0) is 6.61 Å². The van der Waals surface area contributed by atoms with Crippen molar-refractivity contribution in [2.45, 2.75) is 6.61 Å². The Hall–Kier alpha value is -2.34. The summed E-state index contributed by atoms with van der Waals surface area (Å²) in [6.07, 6.45) is 0. The molecular weight excluding hydrogens is 236 g/mol. The van der Waals surface area contributed by atoms with Gasteiger partial charge in [0.1, 0.15) is 11.4 Å². The minimum absolute atomic E-state index is 0.0525. The molecule has 1 heterocycles. The second kappa shape index (κ2) is 4.89. The van der Waals surface area contributed by atoms with Gasteiger partial charge in [-0.1, -0.05) is 12.1 Å². The summed E-state index contributed by atoms with van der Waals surface area (Å²) in [5, 5.41) is 9.07. The zero-order valence-electron chi connectivity index (χ0n) is 9.71. The fraction of sp³-hybridized carbons (Fsp3) is 0.167. The minimum Gasteiger partial charge on any atom is -0.497 e. The SMILES string of the molecule is COc1cccc(C(=O)c2oc(N)nc2CO)c1. The number of anilines is 1. The van der Waals surface area contributed by atoms with Crippen LogP contribution in [0.2, 0.25) is 0 Å². The summed E-state index contributed by atoms with van der Waals surface area (Å²) >= 11 is 0. The highest BCUT2D eigenvalue weighted by Gasteiger charge is 2.20. The number of nitrogen functional groups attached to an aromatic ring is 1. The van der Waals surface area contributed by atoms with Crippen molar-refractivity contribution >= 4 is 11.8 Å². The number of ether oxygens (including phenoxy) is 1. The van der Waals surface area contributed by atoms with Crippen molar-refractivity contribution in [3.8, 4) is 5.75 Å². The molecule has 0 saturated heterocycles. The largest absolute Gasteiger partial charge is 0.497 e. The number of rotatable bonds is 4. The third-order valence-corrected chi connectivity index (χ3v) is 2.40. The molecular formula is C12H12N2O4. The van der Waals surface area contributed by atoms with Gasteiger partial charge in [0.05, 0.1) is 13.7 Å². The number of benzene rings is 1. The highest BCUT2D eigenvalue weighted by atomic mass is 16.5. The topological polar surface area (TPSA) is 98.6 Å². The highest BCUT2D eigenvalue weighted by molar-refractivity contribution is 6.08. The van der Waals surface area contributed by atoms with Gasteiger partial charge in [0, 0.05) is 5.56 Å². The minimum atomic E-state index is -0.411. The Kier molecular flexibility index (Phi) is 3.29. The number of nitrogens with zero attached hydrogens (tertiary/aromatic N) is 1. The Balaban J connectivity index is 2.40. The molecule has 0 amide bonds. The Labute approximate surface area is 103 Å². The molecule has 3 N–H and O–H groups in total. The summed E-state index contributed by atoms with van der Waals surface area (Å²) in [6.45, 7) is -0.411. The molecule has 6 nitrogen and oxygen atoms in total. The molecule has 6 heteroatoms. The van der Waals surface area contributed by atoms with Crippen LogP contribution in [0.5, 0.6) is 5.75 Å². The van der Waals surface area contributed by atoms with E-state index < -0.39 is 12.4 Å². The molecule has 0 aliphatic rings. The van der Waals surface area contributed by atoms with E-state index in [2.05, 4.69) is 4.98 Å². The third kappa shape index (κ3) is 2.18. The van der Waals surface area contributed by atoms with Crippen molar-refractivity contribution < 1.29 is 19.1 Å². The fourth-order valence-electron chi connectivity index (χ4n) is 1.55. The molecule has 0 aliphatic heterocycles. The van der Waals surface area contributed by atoms with Crippen molar-refractivity contribution in [2.24, 2.45) is 0 Å². The normalized spacial score (nSPS) is 10.3. The van der Waals surface area contributed by atoms with Crippen LogP contribution in [0.1, 0.15) is 21.8 Å². The van der Waals surface area contributed by atoms with Gasteiger partial charge in [0.25, 0.3) is 6.01 Å². The van der Waals surface area contributed by atoms with Gasteiger partial charge in [-0.25, -0.2) is 0 Å². The first-order valence-corrected chi connectivity index (χ1v) is 5.20. The summed E-state index contributed by atoms with van der Waals surface area (Å²) in [4.78, 5) is 15.9. The number of aliphatic hydroxyl groups is 1. The van der Waals surface area contributed by atoms with Crippen molar-refractivity contribution in [3.63, 3.8) is 0 Å². The van der Waals surface area contributed by atoms with Crippen LogP contribution >= 0.6 is 0 Å². The lowest BCUT2D eigenvalue weighted by atomic mass is 10.1. The monoisotopic (exact) mass is 248 g/mol. The molecule has 18 heavy (non-hydrogen) atoms. The van der Waals surface area contributed by atoms with E-state index in [0.29, 0.717) is 11.3 Å². The molecule has 2 aromatic rings. The molecule has 0 bridgehead atoms. The van der Waals surface area contributed by atoms with E-state index in [-0.39, 0.29) is 17.5 Å². The van der Waals surface area contributed by atoms with Gasteiger partial charge < -0.3 is 20.0 Å². The van der Waals surface area contributed by atoms with Crippen LogP contribution in [0, 0.1) is 0 Å². The zero-order valence-corrected chi connectivity index (χ0v) is 9.71. The third-order valence-electron chi connectivity index (χ3n) is 2.40. The highest BCUT2D eigenvalue weighted by Crippen LogP contribution is 2.20. The van der Waals surface area contributed by atoms with Gasteiger partial charge in [-0.3, -0.25) is 4.79 Å². The average Bonchev–Trinajstić information content (AvgIpc) is 2.79. The number of carbonyl (C=O) groups excluding carboxylic acids is 1. The molecule has 0 radical (unpaired) electrons. The van der Waals surface area contributed by atoms with Gasteiger partial charge in [-0.15, -0.1) is 0 Å². The molecule has 94 valence electrons. The van der Waals surface area contributed by atoms with E-state index in [9.17, 15) is 4.79 Å². The second-order valence-corrected chi connectivity index (χ2v) is 3.55. The maximum Gasteiger partial charge on any atom is 0.292 e. The smallest absolute Gasteiger partial charge is 0.292 e. The summed E-state index contributed by atoms with van der Waals surface area (Å²) in [6, 6.07) is 6.45. The van der Waals surface area contributed by atoms with E-state index in [1.165, 1.54) is 7.11 Å². The predicted octanol–water partition coefficient (Wildman–Crippen LogP) is 0.989. The maximum atomic E-state index is 12.2.